The van der Waals surface area contributed by atoms with Crippen molar-refractivity contribution in [2.75, 3.05) is 11.9 Å². The number of benzene rings is 3. The molecule has 1 N–H and O–H groups in total. The normalized spacial score (nSPS) is 10.6. The van der Waals surface area contributed by atoms with Crippen LogP contribution in [-0.2, 0) is 16.2 Å². The number of halogens is 1. The van der Waals surface area contributed by atoms with Crippen molar-refractivity contribution in [2.45, 2.75) is 6.61 Å². The highest BCUT2D eigenvalue weighted by Gasteiger charge is 2.04. The molecule has 3 rings (SSSR count). The monoisotopic (exact) mass is 394 g/mol. The number of amides is 1. The molecule has 0 heterocycles. The second-order valence-electron chi connectivity index (χ2n) is 5.88. The maximum Gasteiger partial charge on any atom is 0.265 e. The van der Waals surface area contributed by atoms with Crippen LogP contribution in [0.3, 0.4) is 0 Å². The van der Waals surface area contributed by atoms with E-state index in [9.17, 15) is 4.79 Å². The van der Waals surface area contributed by atoms with Crippen molar-refractivity contribution in [3.05, 3.63) is 95.0 Å². The number of nitrogens with zero attached hydrogens (tertiary/aromatic N) is 1. The first-order valence-electron chi connectivity index (χ1n) is 8.67. The molecular weight excluding hydrogens is 376 g/mol. The second-order valence-corrected chi connectivity index (χ2v) is 6.31. The smallest absolute Gasteiger partial charge is 0.265 e. The van der Waals surface area contributed by atoms with Crippen LogP contribution in [0.4, 0.5) is 5.69 Å². The lowest BCUT2D eigenvalue weighted by molar-refractivity contribution is -0.120. The molecule has 0 saturated carbocycles. The molecule has 28 heavy (non-hydrogen) atoms. The third-order valence-corrected chi connectivity index (χ3v) is 4.00. The fourth-order valence-corrected chi connectivity index (χ4v) is 2.49. The number of rotatable bonds is 8. The topological polar surface area (TPSA) is 59.9 Å². The molecular formula is C22H19ClN2O3. The first-order valence-corrected chi connectivity index (χ1v) is 9.05. The Bertz CT molecular complexity index is 928. The van der Waals surface area contributed by atoms with Gasteiger partial charge in [-0.25, -0.2) is 0 Å². The molecule has 0 aliphatic carbocycles. The first kappa shape index (κ1) is 19.5. The molecule has 1 amide bonds. The van der Waals surface area contributed by atoms with E-state index < -0.39 is 0 Å². The van der Waals surface area contributed by atoms with E-state index in [-0.39, 0.29) is 12.5 Å². The molecule has 0 atom stereocenters. The fourth-order valence-electron chi connectivity index (χ4n) is 2.37. The third kappa shape index (κ3) is 6.14. The zero-order valence-electron chi connectivity index (χ0n) is 15.0. The van der Waals surface area contributed by atoms with Gasteiger partial charge in [0.25, 0.3) is 5.91 Å². The van der Waals surface area contributed by atoms with Crippen LogP contribution in [0.5, 0.6) is 5.75 Å². The molecule has 0 unspecified atom stereocenters. The van der Waals surface area contributed by atoms with E-state index in [1.807, 2.05) is 66.7 Å². The van der Waals surface area contributed by atoms with Gasteiger partial charge in [-0.1, -0.05) is 59.2 Å². The Morgan fingerprint density at radius 3 is 2.46 bits per heavy atom. The minimum absolute atomic E-state index is 0.181. The number of anilines is 1. The summed E-state index contributed by atoms with van der Waals surface area (Å²) in [5.41, 5.74) is 2.46. The molecule has 5 nitrogen and oxygen atoms in total. The van der Waals surface area contributed by atoms with Gasteiger partial charge < -0.3 is 14.9 Å². The number of para-hydroxylation sites is 2. The maximum atomic E-state index is 11.8. The number of carbonyl (C=O) groups excluding carboxylic acids is 1. The molecule has 0 spiro atoms. The van der Waals surface area contributed by atoms with Gasteiger partial charge in [0.2, 0.25) is 0 Å². The van der Waals surface area contributed by atoms with Crippen molar-refractivity contribution in [1.29, 1.82) is 0 Å². The Labute approximate surface area is 168 Å². The van der Waals surface area contributed by atoms with Crippen LogP contribution in [0.15, 0.2) is 84.0 Å². The van der Waals surface area contributed by atoms with E-state index in [2.05, 4.69) is 10.5 Å². The Morgan fingerprint density at radius 1 is 0.964 bits per heavy atom. The lowest BCUT2D eigenvalue weighted by Gasteiger charge is -2.09. The van der Waals surface area contributed by atoms with Crippen LogP contribution < -0.4 is 10.1 Å². The van der Waals surface area contributed by atoms with Gasteiger partial charge in [-0.05, 0) is 42.0 Å². The summed E-state index contributed by atoms with van der Waals surface area (Å²) in [6.07, 6.45) is 1.52. The Kier molecular flexibility index (Phi) is 7.04. The van der Waals surface area contributed by atoms with Gasteiger partial charge in [0, 0.05) is 16.3 Å². The van der Waals surface area contributed by atoms with Crippen molar-refractivity contribution in [3.63, 3.8) is 0 Å². The number of hydrogen-bond donors (Lipinski definition) is 1. The van der Waals surface area contributed by atoms with Gasteiger partial charge in [0.15, 0.2) is 6.61 Å². The van der Waals surface area contributed by atoms with Crippen molar-refractivity contribution >= 4 is 29.4 Å². The number of nitrogens with one attached hydrogen (secondary N) is 1. The summed E-state index contributed by atoms with van der Waals surface area (Å²) in [4.78, 5) is 16.9. The Balaban J connectivity index is 1.51. The average Bonchev–Trinajstić information content (AvgIpc) is 2.72. The minimum Gasteiger partial charge on any atom is -0.488 e. The molecule has 3 aromatic rings. The van der Waals surface area contributed by atoms with Gasteiger partial charge in [0.05, 0.1) is 6.21 Å². The van der Waals surface area contributed by atoms with Gasteiger partial charge in [-0.2, -0.15) is 0 Å². The second kappa shape index (κ2) is 10.1. The molecule has 0 radical (unpaired) electrons. The lowest BCUT2D eigenvalue weighted by Crippen LogP contribution is -2.16. The highest BCUT2D eigenvalue weighted by molar-refractivity contribution is 6.30. The quantitative estimate of drug-likeness (QED) is 0.436. The zero-order valence-corrected chi connectivity index (χ0v) is 15.8. The number of oxime groups is 1. The van der Waals surface area contributed by atoms with Crippen LogP contribution in [0, 0.1) is 0 Å². The molecule has 0 bridgehead atoms. The zero-order chi connectivity index (χ0) is 19.6. The van der Waals surface area contributed by atoms with Crippen LogP contribution in [0.2, 0.25) is 5.02 Å². The van der Waals surface area contributed by atoms with Crippen molar-refractivity contribution in [3.8, 4) is 5.75 Å². The lowest BCUT2D eigenvalue weighted by atomic mass is 10.2. The average molecular weight is 395 g/mol. The fraction of sp³-hybridized carbons (Fsp3) is 0.0909. The highest BCUT2D eigenvalue weighted by atomic mass is 35.5. The predicted molar refractivity (Wildman–Crippen MR) is 111 cm³/mol. The number of hydrogen-bond acceptors (Lipinski definition) is 4. The predicted octanol–water partition coefficient (Wildman–Crippen LogP) is 4.91. The van der Waals surface area contributed by atoms with Crippen LogP contribution in [0.1, 0.15) is 11.1 Å². The summed E-state index contributed by atoms with van der Waals surface area (Å²) >= 11 is 5.89. The molecule has 142 valence electrons. The summed E-state index contributed by atoms with van der Waals surface area (Å²) in [6, 6.07) is 24.1. The van der Waals surface area contributed by atoms with E-state index in [0.29, 0.717) is 23.1 Å². The Hall–Kier alpha value is -3.31. The first-order chi connectivity index (χ1) is 13.7. The largest absolute Gasteiger partial charge is 0.488 e. The van der Waals surface area contributed by atoms with Crippen LogP contribution in [-0.4, -0.2) is 18.7 Å². The highest BCUT2D eigenvalue weighted by Crippen LogP contribution is 2.18. The van der Waals surface area contributed by atoms with Crippen molar-refractivity contribution < 1.29 is 14.4 Å². The standard InChI is InChI=1S/C22H19ClN2O3/c23-19-12-10-17(11-13-19)15-27-21-9-5-4-6-18(21)14-24-28-16-22(26)25-20-7-2-1-3-8-20/h1-14H,15-16H2,(H,25,26). The SMILES string of the molecule is O=C(CON=Cc1ccccc1OCc1ccc(Cl)cc1)Nc1ccccc1. The molecule has 0 fully saturated rings. The minimum atomic E-state index is -0.282. The van der Waals surface area contributed by atoms with Crippen LogP contribution in [0.25, 0.3) is 0 Å². The number of ether oxygens (including phenoxy) is 1. The molecule has 3 aromatic carbocycles. The molecule has 0 aromatic heterocycles. The third-order valence-electron chi connectivity index (χ3n) is 3.75. The summed E-state index contributed by atoms with van der Waals surface area (Å²) in [5.74, 6) is 0.383. The van der Waals surface area contributed by atoms with E-state index in [1.165, 1.54) is 6.21 Å². The van der Waals surface area contributed by atoms with E-state index in [0.717, 1.165) is 11.1 Å². The molecule has 0 saturated heterocycles. The summed E-state index contributed by atoms with van der Waals surface area (Å²) < 4.78 is 5.85. The summed E-state index contributed by atoms with van der Waals surface area (Å²) in [5, 5.41) is 7.27. The summed E-state index contributed by atoms with van der Waals surface area (Å²) in [7, 11) is 0. The maximum absolute atomic E-state index is 11.8. The van der Waals surface area contributed by atoms with Crippen molar-refractivity contribution in [1.82, 2.24) is 0 Å². The van der Waals surface area contributed by atoms with E-state index in [4.69, 9.17) is 21.2 Å². The van der Waals surface area contributed by atoms with Gasteiger partial charge in [-0.3, -0.25) is 4.79 Å². The van der Waals surface area contributed by atoms with E-state index >= 15 is 0 Å². The number of carbonyl (C=O) groups is 1. The summed E-state index contributed by atoms with van der Waals surface area (Å²) in [6.45, 7) is 0.224. The van der Waals surface area contributed by atoms with E-state index in [1.54, 1.807) is 12.1 Å². The Morgan fingerprint density at radius 2 is 1.68 bits per heavy atom. The molecule has 6 heteroatoms. The van der Waals surface area contributed by atoms with Crippen LogP contribution >= 0.6 is 11.6 Å². The molecule has 0 aliphatic rings. The van der Waals surface area contributed by atoms with Gasteiger partial charge >= 0.3 is 0 Å². The van der Waals surface area contributed by atoms with Gasteiger partial charge in [0.1, 0.15) is 12.4 Å². The molecule has 0 aliphatic heterocycles. The van der Waals surface area contributed by atoms with Crippen molar-refractivity contribution in [2.24, 2.45) is 5.16 Å². The van der Waals surface area contributed by atoms with Gasteiger partial charge in [-0.15, -0.1) is 0 Å².